The van der Waals surface area contributed by atoms with Gasteiger partial charge in [-0.1, -0.05) is 18.2 Å². The first-order valence-corrected chi connectivity index (χ1v) is 7.53. The molecule has 2 aromatic carbocycles. The van der Waals surface area contributed by atoms with Gasteiger partial charge in [-0.2, -0.15) is 18.4 Å². The largest absolute Gasteiger partial charge is 0.465 e. The maximum atomic E-state index is 12.7. The fourth-order valence-corrected chi connectivity index (χ4v) is 2.12. The molecule has 0 fully saturated rings. The van der Waals surface area contributed by atoms with E-state index in [2.05, 4.69) is 10.1 Å². The van der Waals surface area contributed by atoms with Crippen molar-refractivity contribution in [2.24, 2.45) is 0 Å². The van der Waals surface area contributed by atoms with Gasteiger partial charge in [0.05, 0.1) is 18.2 Å². The van der Waals surface area contributed by atoms with Gasteiger partial charge in [-0.3, -0.25) is 4.79 Å². The summed E-state index contributed by atoms with van der Waals surface area (Å²) in [5, 5.41) is 11.4. The smallest absolute Gasteiger partial charge is 0.416 e. The van der Waals surface area contributed by atoms with Gasteiger partial charge in [-0.15, -0.1) is 0 Å². The van der Waals surface area contributed by atoms with Crippen molar-refractivity contribution in [2.75, 3.05) is 12.4 Å². The number of methoxy groups -OCH3 is 1. The lowest BCUT2D eigenvalue weighted by Crippen LogP contribution is -2.14. The predicted octanol–water partition coefficient (Wildman–Crippen LogP) is 4.04. The molecule has 0 radical (unpaired) electrons. The lowest BCUT2D eigenvalue weighted by molar-refractivity contribution is -0.137. The van der Waals surface area contributed by atoms with Crippen LogP contribution in [-0.4, -0.2) is 19.0 Å². The Morgan fingerprint density at radius 1 is 1.15 bits per heavy atom. The quantitative estimate of drug-likeness (QED) is 0.498. The first-order chi connectivity index (χ1) is 12.7. The molecule has 0 aliphatic carbocycles. The van der Waals surface area contributed by atoms with Gasteiger partial charge in [0.2, 0.25) is 0 Å². The van der Waals surface area contributed by atoms with Gasteiger partial charge in [0, 0.05) is 5.69 Å². The van der Waals surface area contributed by atoms with Gasteiger partial charge >= 0.3 is 12.1 Å². The minimum absolute atomic E-state index is 0.0861. The Hall–Kier alpha value is -3.60. The number of hydrogen-bond donors (Lipinski definition) is 1. The van der Waals surface area contributed by atoms with Crippen LogP contribution in [0.4, 0.5) is 18.9 Å². The SMILES string of the molecule is COC(=O)c1ccc(/C=C(/C#N)C(=O)Nc2cccc(C(F)(F)F)c2)cc1. The molecule has 1 N–H and O–H groups in total. The number of nitriles is 1. The summed E-state index contributed by atoms with van der Waals surface area (Å²) in [5.74, 6) is -1.39. The van der Waals surface area contributed by atoms with Crippen LogP contribution in [0, 0.1) is 11.3 Å². The monoisotopic (exact) mass is 374 g/mol. The molecule has 0 heterocycles. The molecular weight excluding hydrogens is 361 g/mol. The third kappa shape index (κ3) is 5.19. The van der Waals surface area contributed by atoms with Gasteiger partial charge in [-0.05, 0) is 42.0 Å². The fourth-order valence-electron chi connectivity index (χ4n) is 2.12. The van der Waals surface area contributed by atoms with E-state index in [1.165, 1.54) is 43.5 Å². The standard InChI is InChI=1S/C19H13F3N2O3/c1-27-18(26)13-7-5-12(6-8-13)9-14(11-23)17(25)24-16-4-2-3-15(10-16)19(20,21)22/h2-10H,1H3,(H,24,25)/b14-9-. The first kappa shape index (κ1) is 19.7. The van der Waals surface area contributed by atoms with E-state index in [4.69, 9.17) is 5.26 Å². The Balaban J connectivity index is 2.20. The van der Waals surface area contributed by atoms with Gasteiger partial charge in [-0.25, -0.2) is 4.79 Å². The molecular formula is C19H13F3N2O3. The van der Waals surface area contributed by atoms with Crippen LogP contribution in [0.5, 0.6) is 0 Å². The number of hydrogen-bond acceptors (Lipinski definition) is 4. The Bertz CT molecular complexity index is 926. The van der Waals surface area contributed by atoms with Gasteiger partial charge in [0.1, 0.15) is 11.6 Å². The number of ether oxygens (including phenoxy) is 1. The van der Waals surface area contributed by atoms with E-state index in [0.29, 0.717) is 11.1 Å². The van der Waals surface area contributed by atoms with E-state index >= 15 is 0 Å². The van der Waals surface area contributed by atoms with Crippen LogP contribution in [0.1, 0.15) is 21.5 Å². The number of benzene rings is 2. The van der Waals surface area contributed by atoms with E-state index < -0.39 is 23.6 Å². The van der Waals surface area contributed by atoms with Crippen LogP contribution in [0.3, 0.4) is 0 Å². The number of esters is 1. The lowest BCUT2D eigenvalue weighted by Gasteiger charge is -2.09. The van der Waals surface area contributed by atoms with Crippen LogP contribution >= 0.6 is 0 Å². The molecule has 138 valence electrons. The summed E-state index contributed by atoms with van der Waals surface area (Å²) in [6.07, 6.45) is -3.29. The molecule has 0 saturated carbocycles. The summed E-state index contributed by atoms with van der Waals surface area (Å²) < 4.78 is 42.7. The van der Waals surface area contributed by atoms with Crippen molar-refractivity contribution in [1.82, 2.24) is 0 Å². The zero-order valence-electron chi connectivity index (χ0n) is 14.0. The highest BCUT2D eigenvalue weighted by atomic mass is 19.4. The molecule has 5 nitrogen and oxygen atoms in total. The first-order valence-electron chi connectivity index (χ1n) is 7.53. The van der Waals surface area contributed by atoms with Gasteiger partial charge in [0.25, 0.3) is 5.91 Å². The zero-order valence-corrected chi connectivity index (χ0v) is 14.0. The number of carbonyl (C=O) groups excluding carboxylic acids is 2. The average molecular weight is 374 g/mol. The van der Waals surface area contributed by atoms with Crippen LogP contribution in [0.2, 0.25) is 0 Å². The van der Waals surface area contributed by atoms with E-state index in [-0.39, 0.29) is 11.3 Å². The number of rotatable bonds is 4. The van der Waals surface area contributed by atoms with Crippen molar-refractivity contribution in [3.8, 4) is 6.07 Å². The molecule has 0 saturated heterocycles. The second-order valence-corrected chi connectivity index (χ2v) is 5.32. The molecule has 2 rings (SSSR count). The molecule has 1 amide bonds. The molecule has 0 unspecified atom stereocenters. The molecule has 0 atom stereocenters. The average Bonchev–Trinajstić information content (AvgIpc) is 2.65. The highest BCUT2D eigenvalue weighted by Gasteiger charge is 2.30. The topological polar surface area (TPSA) is 79.2 Å². The van der Waals surface area contributed by atoms with E-state index in [1.807, 2.05) is 0 Å². The van der Waals surface area contributed by atoms with Crippen LogP contribution in [-0.2, 0) is 15.7 Å². The van der Waals surface area contributed by atoms with E-state index in [9.17, 15) is 22.8 Å². The zero-order chi connectivity index (χ0) is 20.0. The van der Waals surface area contributed by atoms with Crippen LogP contribution in [0.25, 0.3) is 6.08 Å². The maximum absolute atomic E-state index is 12.7. The number of nitrogens with one attached hydrogen (secondary N) is 1. The number of nitrogens with zero attached hydrogens (tertiary/aromatic N) is 1. The number of anilines is 1. The Morgan fingerprint density at radius 2 is 1.81 bits per heavy atom. The van der Waals surface area contributed by atoms with Crippen molar-refractivity contribution in [3.05, 3.63) is 70.8 Å². The summed E-state index contributed by atoms with van der Waals surface area (Å²) >= 11 is 0. The van der Waals surface area contributed by atoms with E-state index in [0.717, 1.165) is 18.2 Å². The van der Waals surface area contributed by atoms with Crippen molar-refractivity contribution in [1.29, 1.82) is 5.26 Å². The molecule has 0 aromatic heterocycles. The van der Waals surface area contributed by atoms with Gasteiger partial charge < -0.3 is 10.1 Å². The van der Waals surface area contributed by atoms with Crippen LogP contribution in [0.15, 0.2) is 54.1 Å². The number of halogens is 3. The third-order valence-corrected chi connectivity index (χ3v) is 3.46. The number of amides is 1. The summed E-state index contributed by atoms with van der Waals surface area (Å²) in [4.78, 5) is 23.6. The molecule has 0 aliphatic rings. The lowest BCUT2D eigenvalue weighted by atomic mass is 10.1. The highest BCUT2D eigenvalue weighted by Crippen LogP contribution is 2.30. The molecule has 0 aliphatic heterocycles. The minimum Gasteiger partial charge on any atom is -0.465 e. The highest BCUT2D eigenvalue weighted by molar-refractivity contribution is 6.09. The Kier molecular flexibility index (Phi) is 5.98. The molecule has 0 bridgehead atoms. The number of carbonyl (C=O) groups is 2. The number of alkyl halides is 3. The summed E-state index contributed by atoms with van der Waals surface area (Å²) in [7, 11) is 1.24. The van der Waals surface area contributed by atoms with Crippen molar-refractivity contribution < 1.29 is 27.5 Å². The van der Waals surface area contributed by atoms with Crippen molar-refractivity contribution in [3.63, 3.8) is 0 Å². The van der Waals surface area contributed by atoms with Crippen LogP contribution < -0.4 is 5.32 Å². The molecule has 2 aromatic rings. The third-order valence-electron chi connectivity index (χ3n) is 3.46. The fraction of sp³-hybridized carbons (Fsp3) is 0.105. The molecule has 0 spiro atoms. The van der Waals surface area contributed by atoms with Gasteiger partial charge in [0.15, 0.2) is 0 Å². The predicted molar refractivity (Wildman–Crippen MR) is 91.4 cm³/mol. The molecule has 8 heteroatoms. The van der Waals surface area contributed by atoms with Crippen molar-refractivity contribution >= 4 is 23.6 Å². The Morgan fingerprint density at radius 3 is 2.37 bits per heavy atom. The molecule has 27 heavy (non-hydrogen) atoms. The Labute approximate surface area is 152 Å². The van der Waals surface area contributed by atoms with Crippen molar-refractivity contribution in [2.45, 2.75) is 6.18 Å². The van der Waals surface area contributed by atoms with E-state index in [1.54, 1.807) is 6.07 Å². The minimum atomic E-state index is -4.55. The normalized spacial score (nSPS) is 11.4. The summed E-state index contributed by atoms with van der Waals surface area (Å²) in [5.41, 5.74) is -0.559. The summed E-state index contributed by atoms with van der Waals surface area (Å²) in [6, 6.07) is 11.7. The summed E-state index contributed by atoms with van der Waals surface area (Å²) in [6.45, 7) is 0. The second-order valence-electron chi connectivity index (χ2n) is 5.32. The second kappa shape index (κ2) is 8.19. The maximum Gasteiger partial charge on any atom is 0.416 e.